The molecular formula is C14H13F3O2. The van der Waals surface area contributed by atoms with Crippen molar-refractivity contribution in [1.29, 1.82) is 0 Å². The summed E-state index contributed by atoms with van der Waals surface area (Å²) in [6, 6.07) is 4.27. The maximum Gasteiger partial charge on any atom is 0.416 e. The Kier molecular flexibility index (Phi) is 3.73. The van der Waals surface area contributed by atoms with E-state index in [2.05, 4.69) is 0 Å². The number of carbonyl (C=O) groups is 2. The number of alkyl halides is 3. The molecule has 1 aromatic rings. The maximum atomic E-state index is 12.6. The van der Waals surface area contributed by atoms with Crippen LogP contribution in [0.1, 0.15) is 41.6 Å². The third kappa shape index (κ3) is 3.03. The van der Waals surface area contributed by atoms with Crippen LogP contribution in [0.15, 0.2) is 24.3 Å². The standard InChI is InChI=1S/C14H13F3O2/c15-14(16,17)10-5-3-4-9(8-10)13(19)11-6-1-2-7-12(11)18/h3-5,8,11H,1-2,6-7H2. The van der Waals surface area contributed by atoms with Gasteiger partial charge in [0.2, 0.25) is 0 Å². The van der Waals surface area contributed by atoms with E-state index < -0.39 is 23.4 Å². The second kappa shape index (κ2) is 5.15. The fraction of sp³-hybridized carbons (Fsp3) is 0.429. The van der Waals surface area contributed by atoms with Crippen LogP contribution in [0.4, 0.5) is 13.2 Å². The van der Waals surface area contributed by atoms with E-state index in [1.165, 1.54) is 12.1 Å². The highest BCUT2D eigenvalue weighted by atomic mass is 19.4. The first kappa shape index (κ1) is 13.8. The first-order valence-electron chi connectivity index (χ1n) is 6.14. The van der Waals surface area contributed by atoms with Gasteiger partial charge in [0.25, 0.3) is 0 Å². The maximum absolute atomic E-state index is 12.6. The van der Waals surface area contributed by atoms with Crippen LogP contribution in [0.5, 0.6) is 0 Å². The van der Waals surface area contributed by atoms with Crippen molar-refractivity contribution in [2.24, 2.45) is 5.92 Å². The molecule has 0 heterocycles. The van der Waals surface area contributed by atoms with Crippen molar-refractivity contribution in [3.63, 3.8) is 0 Å². The second-order valence-corrected chi connectivity index (χ2v) is 4.71. The van der Waals surface area contributed by atoms with Gasteiger partial charge in [-0.15, -0.1) is 0 Å². The summed E-state index contributed by atoms with van der Waals surface area (Å²) in [6.45, 7) is 0. The molecule has 0 radical (unpaired) electrons. The summed E-state index contributed by atoms with van der Waals surface area (Å²) in [5.41, 5.74) is -0.892. The van der Waals surface area contributed by atoms with Crippen LogP contribution < -0.4 is 0 Å². The molecule has 1 fully saturated rings. The van der Waals surface area contributed by atoms with Gasteiger partial charge in [0, 0.05) is 12.0 Å². The van der Waals surface area contributed by atoms with Crippen molar-refractivity contribution < 1.29 is 22.8 Å². The summed E-state index contributed by atoms with van der Waals surface area (Å²) in [5.74, 6) is -1.42. The molecule has 0 aliphatic heterocycles. The number of halogens is 3. The number of Topliss-reactive ketones (excluding diaryl/α,β-unsaturated/α-hetero) is 2. The summed E-state index contributed by atoms with van der Waals surface area (Å²) in [7, 11) is 0. The van der Waals surface area contributed by atoms with Crippen molar-refractivity contribution in [3.8, 4) is 0 Å². The number of hydrogen-bond donors (Lipinski definition) is 0. The summed E-state index contributed by atoms with van der Waals surface area (Å²) < 4.78 is 37.7. The van der Waals surface area contributed by atoms with Gasteiger partial charge in [0.1, 0.15) is 5.78 Å². The highest BCUT2D eigenvalue weighted by Gasteiger charge is 2.33. The zero-order valence-corrected chi connectivity index (χ0v) is 10.2. The predicted octanol–water partition coefficient (Wildman–Crippen LogP) is 3.65. The molecule has 1 aromatic carbocycles. The number of benzene rings is 1. The van der Waals surface area contributed by atoms with Gasteiger partial charge >= 0.3 is 6.18 Å². The molecule has 2 nitrogen and oxygen atoms in total. The number of rotatable bonds is 2. The van der Waals surface area contributed by atoms with Gasteiger partial charge < -0.3 is 0 Å². The average Bonchev–Trinajstić information content (AvgIpc) is 2.38. The molecule has 0 bridgehead atoms. The Hall–Kier alpha value is -1.65. The predicted molar refractivity (Wildman–Crippen MR) is 62.7 cm³/mol. The lowest BCUT2D eigenvalue weighted by atomic mass is 9.82. The normalized spacial score (nSPS) is 20.4. The second-order valence-electron chi connectivity index (χ2n) is 4.71. The lowest BCUT2D eigenvalue weighted by Crippen LogP contribution is -2.27. The molecule has 5 heteroatoms. The number of carbonyl (C=O) groups excluding carboxylic acids is 2. The van der Waals surface area contributed by atoms with Gasteiger partial charge in [-0.25, -0.2) is 0 Å². The van der Waals surface area contributed by atoms with Gasteiger partial charge in [-0.3, -0.25) is 9.59 Å². The topological polar surface area (TPSA) is 34.1 Å². The SMILES string of the molecule is O=C1CCCCC1C(=O)c1cccc(C(F)(F)F)c1. The molecule has 1 atom stereocenters. The molecule has 1 aliphatic rings. The highest BCUT2D eigenvalue weighted by Crippen LogP contribution is 2.31. The minimum atomic E-state index is -4.48. The van der Waals surface area contributed by atoms with E-state index in [0.29, 0.717) is 12.8 Å². The molecular weight excluding hydrogens is 257 g/mol. The van der Waals surface area contributed by atoms with Gasteiger partial charge in [-0.05, 0) is 25.0 Å². The van der Waals surface area contributed by atoms with Crippen LogP contribution in [0.2, 0.25) is 0 Å². The third-order valence-corrected chi connectivity index (χ3v) is 3.35. The fourth-order valence-electron chi connectivity index (χ4n) is 2.31. The lowest BCUT2D eigenvalue weighted by molar-refractivity contribution is -0.137. The van der Waals surface area contributed by atoms with Crippen LogP contribution in [0, 0.1) is 5.92 Å². The largest absolute Gasteiger partial charge is 0.416 e. The average molecular weight is 270 g/mol. The van der Waals surface area contributed by atoms with E-state index in [9.17, 15) is 22.8 Å². The Labute approximate surface area is 108 Å². The molecule has 0 spiro atoms. The molecule has 1 aliphatic carbocycles. The Morgan fingerprint density at radius 2 is 1.95 bits per heavy atom. The van der Waals surface area contributed by atoms with Crippen LogP contribution in [-0.2, 0) is 11.0 Å². The Morgan fingerprint density at radius 1 is 1.21 bits per heavy atom. The van der Waals surface area contributed by atoms with Gasteiger partial charge in [-0.1, -0.05) is 18.6 Å². The van der Waals surface area contributed by atoms with E-state index in [1.54, 1.807) is 0 Å². The van der Waals surface area contributed by atoms with E-state index >= 15 is 0 Å². The number of hydrogen-bond acceptors (Lipinski definition) is 2. The van der Waals surface area contributed by atoms with Crippen molar-refractivity contribution in [3.05, 3.63) is 35.4 Å². The summed E-state index contributed by atoms with van der Waals surface area (Å²) >= 11 is 0. The molecule has 1 saturated carbocycles. The molecule has 102 valence electrons. The molecule has 0 N–H and O–H groups in total. The fourth-order valence-corrected chi connectivity index (χ4v) is 2.31. The van der Waals surface area contributed by atoms with Crippen LogP contribution >= 0.6 is 0 Å². The van der Waals surface area contributed by atoms with E-state index in [0.717, 1.165) is 25.0 Å². The van der Waals surface area contributed by atoms with Crippen molar-refractivity contribution in [2.45, 2.75) is 31.9 Å². The quantitative estimate of drug-likeness (QED) is 0.607. The Bertz CT molecular complexity index is 506. The van der Waals surface area contributed by atoms with Crippen molar-refractivity contribution in [1.82, 2.24) is 0 Å². The van der Waals surface area contributed by atoms with Crippen LogP contribution in [0.3, 0.4) is 0 Å². The van der Waals surface area contributed by atoms with Gasteiger partial charge in [-0.2, -0.15) is 13.2 Å². The van der Waals surface area contributed by atoms with Crippen molar-refractivity contribution >= 4 is 11.6 Å². The van der Waals surface area contributed by atoms with Gasteiger partial charge in [0.15, 0.2) is 5.78 Å². The molecule has 1 unspecified atom stereocenters. The first-order chi connectivity index (χ1) is 8.89. The van der Waals surface area contributed by atoms with E-state index in [-0.39, 0.29) is 11.3 Å². The van der Waals surface area contributed by atoms with Crippen LogP contribution in [0.25, 0.3) is 0 Å². The molecule has 2 rings (SSSR count). The van der Waals surface area contributed by atoms with Crippen molar-refractivity contribution in [2.75, 3.05) is 0 Å². The molecule has 0 aromatic heterocycles. The lowest BCUT2D eigenvalue weighted by Gasteiger charge is -2.19. The summed E-state index contributed by atoms with van der Waals surface area (Å²) in [6.07, 6.45) is -2.18. The molecule has 19 heavy (non-hydrogen) atoms. The molecule has 0 amide bonds. The third-order valence-electron chi connectivity index (χ3n) is 3.35. The zero-order chi connectivity index (χ0) is 14.0. The summed E-state index contributed by atoms with van der Waals surface area (Å²) in [5, 5.41) is 0. The zero-order valence-electron chi connectivity index (χ0n) is 10.2. The highest BCUT2D eigenvalue weighted by molar-refractivity contribution is 6.11. The monoisotopic (exact) mass is 270 g/mol. The first-order valence-corrected chi connectivity index (χ1v) is 6.14. The van der Waals surface area contributed by atoms with E-state index in [4.69, 9.17) is 0 Å². The van der Waals surface area contributed by atoms with Gasteiger partial charge in [0.05, 0.1) is 11.5 Å². The molecule has 0 saturated heterocycles. The van der Waals surface area contributed by atoms with Crippen LogP contribution in [-0.4, -0.2) is 11.6 Å². The minimum absolute atomic E-state index is 0.0323. The smallest absolute Gasteiger partial charge is 0.299 e. The summed E-state index contributed by atoms with van der Waals surface area (Å²) in [4.78, 5) is 23.7. The Morgan fingerprint density at radius 3 is 2.58 bits per heavy atom. The minimum Gasteiger partial charge on any atom is -0.299 e. The van der Waals surface area contributed by atoms with E-state index in [1.807, 2.05) is 0 Å². The number of ketones is 2. The Balaban J connectivity index is 2.26.